The van der Waals surface area contributed by atoms with Gasteiger partial charge in [-0.1, -0.05) is 101 Å². The lowest BCUT2D eigenvalue weighted by atomic mass is 10.2. The van der Waals surface area contributed by atoms with Crippen LogP contribution in [0.2, 0.25) is 0 Å². The third kappa shape index (κ3) is 5.37. The molecule has 0 aliphatic rings. The number of benzene rings is 4. The highest BCUT2D eigenvalue weighted by atomic mass is 16.1. The zero-order chi connectivity index (χ0) is 23.9. The van der Waals surface area contributed by atoms with Gasteiger partial charge >= 0.3 is 11.4 Å². The Morgan fingerprint density at radius 1 is 0.657 bits per heavy atom. The molecule has 0 aliphatic heterocycles. The van der Waals surface area contributed by atoms with Gasteiger partial charge in [-0.15, -0.1) is 0 Å². The molecule has 0 amide bonds. The molecule has 5 nitrogen and oxygen atoms in total. The molecule has 0 atom stereocenters. The SMILES string of the molecule is O=c1c2ccc(N=Cc3ccccc3)cc2[nH+]c(/C=C/c2ccccc2)n1/N=C/c1ccccc1. The normalized spacial score (nSPS) is 11.8. The number of aliphatic imine (C=N–C) groups is 1. The first-order valence-electron chi connectivity index (χ1n) is 11.3. The van der Waals surface area contributed by atoms with Crippen molar-refractivity contribution in [2.24, 2.45) is 10.1 Å². The van der Waals surface area contributed by atoms with Crippen LogP contribution in [0.15, 0.2) is 124 Å². The van der Waals surface area contributed by atoms with Gasteiger partial charge in [-0.2, -0.15) is 0 Å². The van der Waals surface area contributed by atoms with Gasteiger partial charge in [-0.05, 0) is 34.9 Å². The van der Waals surface area contributed by atoms with Crippen LogP contribution in [-0.2, 0) is 0 Å². The van der Waals surface area contributed by atoms with Gasteiger partial charge in [-0.3, -0.25) is 4.99 Å². The van der Waals surface area contributed by atoms with Gasteiger partial charge in [0.05, 0.1) is 11.9 Å². The van der Waals surface area contributed by atoms with E-state index in [0.717, 1.165) is 22.4 Å². The van der Waals surface area contributed by atoms with Crippen molar-refractivity contribution >= 4 is 41.2 Å². The molecule has 5 heteroatoms. The molecule has 35 heavy (non-hydrogen) atoms. The third-order valence-corrected chi connectivity index (χ3v) is 5.43. The minimum Gasteiger partial charge on any atom is -0.256 e. The highest BCUT2D eigenvalue weighted by Gasteiger charge is 2.16. The third-order valence-electron chi connectivity index (χ3n) is 5.43. The number of aromatic amines is 1. The largest absolute Gasteiger partial charge is 0.370 e. The number of nitrogens with one attached hydrogen (secondary N) is 1. The Balaban J connectivity index is 1.59. The lowest BCUT2D eigenvalue weighted by Crippen LogP contribution is -2.28. The molecule has 0 bridgehead atoms. The molecule has 1 heterocycles. The smallest absolute Gasteiger partial charge is 0.256 e. The Kier molecular flexibility index (Phi) is 6.49. The van der Waals surface area contributed by atoms with Crippen molar-refractivity contribution in [3.8, 4) is 0 Å². The monoisotopic (exact) mass is 455 g/mol. The van der Waals surface area contributed by atoms with Crippen LogP contribution in [0.1, 0.15) is 22.5 Å². The van der Waals surface area contributed by atoms with E-state index >= 15 is 0 Å². The van der Waals surface area contributed by atoms with Crippen molar-refractivity contribution in [3.63, 3.8) is 0 Å². The number of nitrogens with zero attached hydrogens (tertiary/aromatic N) is 3. The van der Waals surface area contributed by atoms with Gasteiger partial charge in [0, 0.05) is 18.4 Å². The molecule has 0 spiro atoms. The van der Waals surface area contributed by atoms with Crippen molar-refractivity contribution in [2.75, 3.05) is 0 Å². The van der Waals surface area contributed by atoms with Crippen LogP contribution in [-0.4, -0.2) is 17.1 Å². The fraction of sp³-hybridized carbons (Fsp3) is 0. The number of hydrogen-bond acceptors (Lipinski definition) is 3. The molecule has 1 N–H and O–H groups in total. The van der Waals surface area contributed by atoms with E-state index in [1.807, 2.05) is 121 Å². The van der Waals surface area contributed by atoms with Crippen LogP contribution in [0, 0.1) is 0 Å². The maximum Gasteiger partial charge on any atom is 0.370 e. The van der Waals surface area contributed by atoms with E-state index in [0.29, 0.717) is 16.7 Å². The van der Waals surface area contributed by atoms with Crippen LogP contribution in [0.5, 0.6) is 0 Å². The molecule has 0 unspecified atom stereocenters. The number of rotatable bonds is 6. The Labute approximate surface area is 203 Å². The Hall–Kier alpha value is -4.90. The molecular weight excluding hydrogens is 432 g/mol. The molecule has 1 aromatic heterocycles. The number of fused-ring (bicyclic) bond motifs is 1. The minimum absolute atomic E-state index is 0.211. The summed E-state index contributed by atoms with van der Waals surface area (Å²) in [7, 11) is 0. The molecule has 0 aliphatic carbocycles. The lowest BCUT2D eigenvalue weighted by Gasteiger charge is -2.01. The average Bonchev–Trinajstić information content (AvgIpc) is 2.92. The highest BCUT2D eigenvalue weighted by molar-refractivity contribution is 5.85. The zero-order valence-corrected chi connectivity index (χ0v) is 19.0. The molecule has 0 fully saturated rings. The summed E-state index contributed by atoms with van der Waals surface area (Å²) in [4.78, 5) is 21.4. The quantitative estimate of drug-likeness (QED) is 0.307. The van der Waals surface area contributed by atoms with Gasteiger partial charge in [0.15, 0.2) is 0 Å². The lowest BCUT2D eigenvalue weighted by molar-refractivity contribution is -0.356. The van der Waals surface area contributed by atoms with Crippen LogP contribution < -0.4 is 10.5 Å². The predicted molar refractivity (Wildman–Crippen MR) is 143 cm³/mol. The highest BCUT2D eigenvalue weighted by Crippen LogP contribution is 2.17. The molecular formula is C30H23N4O+. The van der Waals surface area contributed by atoms with E-state index in [1.165, 1.54) is 4.68 Å². The fourth-order valence-corrected chi connectivity index (χ4v) is 3.63. The Morgan fingerprint density at radius 2 is 1.26 bits per heavy atom. The summed E-state index contributed by atoms with van der Waals surface area (Å²) in [5.41, 5.74) is 4.17. The Bertz CT molecular complexity index is 1590. The topological polar surface area (TPSA) is 60.9 Å². The second-order valence-electron chi connectivity index (χ2n) is 7.93. The number of hydrogen-bond donors (Lipinski definition) is 0. The molecule has 5 aromatic rings. The van der Waals surface area contributed by atoms with E-state index in [1.54, 1.807) is 12.3 Å². The average molecular weight is 456 g/mol. The Morgan fingerprint density at radius 3 is 1.91 bits per heavy atom. The van der Waals surface area contributed by atoms with Crippen LogP contribution in [0.4, 0.5) is 5.69 Å². The van der Waals surface area contributed by atoms with Crippen LogP contribution >= 0.6 is 0 Å². The summed E-state index contributed by atoms with van der Waals surface area (Å²) in [6, 6.07) is 35.0. The molecule has 5 rings (SSSR count). The van der Waals surface area contributed by atoms with Gasteiger partial charge in [-0.25, -0.2) is 9.78 Å². The van der Waals surface area contributed by atoms with Crippen molar-refractivity contribution in [1.29, 1.82) is 0 Å². The van der Waals surface area contributed by atoms with Crippen LogP contribution in [0.3, 0.4) is 0 Å². The maximum atomic E-state index is 13.4. The first-order chi connectivity index (χ1) is 17.3. The molecule has 4 aromatic carbocycles. The molecule has 0 radical (unpaired) electrons. The number of aromatic nitrogens is 2. The predicted octanol–water partition coefficient (Wildman–Crippen LogP) is 5.62. The minimum atomic E-state index is -0.211. The summed E-state index contributed by atoms with van der Waals surface area (Å²) in [6.45, 7) is 0. The molecule has 0 saturated carbocycles. The van der Waals surface area contributed by atoms with E-state index in [2.05, 4.69) is 15.1 Å². The molecule has 168 valence electrons. The van der Waals surface area contributed by atoms with Gasteiger partial charge in [0.1, 0.15) is 10.9 Å². The van der Waals surface area contributed by atoms with Crippen molar-refractivity contribution in [3.05, 3.63) is 142 Å². The fourth-order valence-electron chi connectivity index (χ4n) is 3.63. The van der Waals surface area contributed by atoms with E-state index < -0.39 is 0 Å². The summed E-state index contributed by atoms with van der Waals surface area (Å²) in [5.74, 6) is 0.558. The van der Waals surface area contributed by atoms with Gasteiger partial charge in [0.2, 0.25) is 0 Å². The summed E-state index contributed by atoms with van der Waals surface area (Å²) in [5, 5.41) is 5.04. The van der Waals surface area contributed by atoms with E-state index in [4.69, 9.17) is 0 Å². The second kappa shape index (κ2) is 10.4. The second-order valence-corrected chi connectivity index (χ2v) is 7.93. The van der Waals surface area contributed by atoms with Gasteiger partial charge < -0.3 is 0 Å². The first-order valence-corrected chi connectivity index (χ1v) is 11.3. The van der Waals surface area contributed by atoms with Crippen molar-refractivity contribution in [1.82, 2.24) is 4.68 Å². The zero-order valence-electron chi connectivity index (χ0n) is 19.0. The van der Waals surface area contributed by atoms with E-state index in [9.17, 15) is 4.79 Å². The van der Waals surface area contributed by atoms with Crippen molar-refractivity contribution < 1.29 is 4.98 Å². The standard InChI is InChI=1S/C30H22N4O/c35-30-27-18-17-26(31-21-24-12-6-2-7-13-24)20-28(27)33-29(19-16-23-10-4-1-5-11-23)34(30)32-22-25-14-8-3-9-15-25/h1-22H/p+1/b19-16+,31-21?,32-22+. The van der Waals surface area contributed by atoms with Crippen LogP contribution in [0.25, 0.3) is 23.1 Å². The summed E-state index contributed by atoms with van der Waals surface area (Å²) >= 11 is 0. The molecule has 0 saturated heterocycles. The van der Waals surface area contributed by atoms with E-state index in [-0.39, 0.29) is 5.56 Å². The van der Waals surface area contributed by atoms with Gasteiger partial charge in [0.25, 0.3) is 0 Å². The van der Waals surface area contributed by atoms with Crippen molar-refractivity contribution in [2.45, 2.75) is 0 Å². The summed E-state index contributed by atoms with van der Waals surface area (Å²) < 4.78 is 1.39. The first kappa shape index (κ1) is 21.9. The maximum absolute atomic E-state index is 13.4. The number of H-pyrrole nitrogens is 1. The summed E-state index contributed by atoms with van der Waals surface area (Å²) in [6.07, 6.45) is 7.30.